The molecule has 0 bridgehead atoms. The number of ether oxygens (including phenoxy) is 1. The van der Waals surface area contributed by atoms with Gasteiger partial charge >= 0.3 is 18.6 Å². The van der Waals surface area contributed by atoms with Crippen molar-refractivity contribution in [2.24, 2.45) is 0 Å². The van der Waals surface area contributed by atoms with Crippen LogP contribution in [0.3, 0.4) is 0 Å². The molecule has 22 heavy (non-hydrogen) atoms. The van der Waals surface area contributed by atoms with Gasteiger partial charge in [0.15, 0.2) is 0 Å². The molecule has 0 aliphatic carbocycles. The third-order valence-electron chi connectivity index (χ3n) is 2.16. The predicted octanol–water partition coefficient (Wildman–Crippen LogP) is 3.50. The second-order valence-electron chi connectivity index (χ2n) is 4.02. The fraction of sp³-hybridized carbons (Fsp3) is 0.364. The molecule has 0 fully saturated rings. The van der Waals surface area contributed by atoms with Crippen LogP contribution in [0.15, 0.2) is 24.3 Å². The van der Waals surface area contributed by atoms with Gasteiger partial charge in [-0.05, 0) is 17.7 Å². The van der Waals surface area contributed by atoms with Gasteiger partial charge in [0, 0.05) is 0 Å². The van der Waals surface area contributed by atoms with E-state index in [-0.39, 0.29) is 6.54 Å². The minimum Gasteiger partial charge on any atom is -0.406 e. The fourth-order valence-corrected chi connectivity index (χ4v) is 1.54. The lowest BCUT2D eigenvalue weighted by atomic mass is 10.2. The molecule has 0 radical (unpaired) electrons. The minimum absolute atomic E-state index is 0.209. The van der Waals surface area contributed by atoms with Crippen LogP contribution < -0.4 is 10.1 Å². The third kappa shape index (κ3) is 7.29. The number of alkyl halides is 6. The van der Waals surface area contributed by atoms with Crippen molar-refractivity contribution in [1.29, 1.82) is 0 Å². The van der Waals surface area contributed by atoms with Crippen LogP contribution in [0.5, 0.6) is 5.75 Å². The smallest absolute Gasteiger partial charge is 0.406 e. The van der Waals surface area contributed by atoms with E-state index in [1.165, 1.54) is 12.1 Å². The van der Waals surface area contributed by atoms with Crippen molar-refractivity contribution >= 4 is 18.8 Å². The summed E-state index contributed by atoms with van der Waals surface area (Å²) in [5, 5.41) is 1.60. The Balaban J connectivity index is 2.54. The minimum atomic E-state index is -4.82. The summed E-state index contributed by atoms with van der Waals surface area (Å²) in [4.78, 5) is 11.3. The number of thiol groups is 1. The monoisotopic (exact) mass is 348 g/mol. The highest BCUT2D eigenvalue weighted by atomic mass is 32.1. The summed E-state index contributed by atoms with van der Waals surface area (Å²) in [6.45, 7) is -1.72. The lowest BCUT2D eigenvalue weighted by Gasteiger charge is -2.17. The summed E-state index contributed by atoms with van der Waals surface area (Å²) in [5.41, 5.74) is 0.353. The molecule has 0 saturated carbocycles. The van der Waals surface area contributed by atoms with Gasteiger partial charge in [0.05, 0.1) is 6.54 Å². The number of rotatable bonds is 4. The average Bonchev–Trinajstić information content (AvgIpc) is 2.35. The maximum atomic E-state index is 12.0. The first kappa shape index (κ1) is 18.3. The first-order chi connectivity index (χ1) is 9.96. The van der Waals surface area contributed by atoms with E-state index >= 15 is 0 Å². The number of hydrogen-bond acceptors (Lipinski definition) is 3. The molecule has 1 aromatic carbocycles. The van der Waals surface area contributed by atoms with Gasteiger partial charge in [-0.2, -0.15) is 13.2 Å². The van der Waals surface area contributed by atoms with Crippen LogP contribution in [0.2, 0.25) is 0 Å². The average molecular weight is 348 g/mol. The number of nitrogens with one attached hydrogen (secondary N) is 1. The maximum absolute atomic E-state index is 12.0. The van der Waals surface area contributed by atoms with Crippen molar-refractivity contribution in [3.8, 4) is 5.75 Å². The summed E-state index contributed by atoms with van der Waals surface area (Å²) < 4.78 is 75.9. The number of halogens is 6. The SMILES string of the molecule is O=C(NCC(F)(F)F)N(S)Cc1ccc(OC(F)(F)F)cc1. The number of carbonyl (C=O) groups excluding carboxylic acids is 1. The Morgan fingerprint density at radius 1 is 1.14 bits per heavy atom. The van der Waals surface area contributed by atoms with Crippen molar-refractivity contribution in [3.63, 3.8) is 0 Å². The van der Waals surface area contributed by atoms with E-state index in [0.717, 1.165) is 12.1 Å². The number of nitrogens with zero attached hydrogens (tertiary/aromatic N) is 1. The lowest BCUT2D eigenvalue weighted by Crippen LogP contribution is -2.39. The Hall–Kier alpha value is -1.78. The molecular weight excluding hydrogens is 338 g/mol. The van der Waals surface area contributed by atoms with Gasteiger partial charge in [0.25, 0.3) is 0 Å². The van der Waals surface area contributed by atoms with Gasteiger partial charge < -0.3 is 10.1 Å². The molecule has 4 nitrogen and oxygen atoms in total. The van der Waals surface area contributed by atoms with Gasteiger partial charge in [-0.1, -0.05) is 24.9 Å². The summed E-state index contributed by atoms with van der Waals surface area (Å²) in [6.07, 6.45) is -9.38. The normalized spacial score (nSPS) is 12.0. The summed E-state index contributed by atoms with van der Waals surface area (Å²) in [6, 6.07) is 3.38. The Labute approximate surface area is 126 Å². The van der Waals surface area contributed by atoms with E-state index in [1.54, 1.807) is 5.32 Å². The molecule has 0 unspecified atom stereocenters. The predicted molar refractivity (Wildman–Crippen MR) is 67.1 cm³/mol. The molecule has 0 heterocycles. The number of hydrogen-bond donors (Lipinski definition) is 2. The fourth-order valence-electron chi connectivity index (χ4n) is 1.31. The van der Waals surface area contributed by atoms with Gasteiger partial charge in [-0.15, -0.1) is 13.2 Å². The summed E-state index contributed by atoms with van der Waals surface area (Å²) in [5.74, 6) is -0.455. The Morgan fingerprint density at radius 2 is 1.68 bits per heavy atom. The van der Waals surface area contributed by atoms with E-state index < -0.39 is 30.9 Å². The number of amides is 2. The molecule has 0 spiro atoms. The molecule has 2 amide bonds. The van der Waals surface area contributed by atoms with E-state index in [4.69, 9.17) is 0 Å². The highest BCUT2D eigenvalue weighted by Crippen LogP contribution is 2.23. The molecule has 0 aromatic heterocycles. The molecule has 1 aromatic rings. The Kier molecular flexibility index (Phi) is 5.80. The van der Waals surface area contributed by atoms with Gasteiger partial charge in [0.1, 0.15) is 12.3 Å². The standard InChI is InChI=1S/C11H10F6N2O2S/c12-10(13,14)6-18-9(20)19(22)5-7-1-3-8(4-2-7)21-11(15,16)17/h1-4,22H,5-6H2,(H,18,20). The summed E-state index contributed by atoms with van der Waals surface area (Å²) in [7, 11) is 0. The van der Waals surface area contributed by atoms with Crippen LogP contribution >= 0.6 is 12.8 Å². The van der Waals surface area contributed by atoms with Crippen LogP contribution in [-0.2, 0) is 6.54 Å². The largest absolute Gasteiger partial charge is 0.573 e. The van der Waals surface area contributed by atoms with Crippen LogP contribution in [-0.4, -0.2) is 29.4 Å². The summed E-state index contributed by atoms with van der Waals surface area (Å²) >= 11 is 3.70. The second kappa shape index (κ2) is 6.99. The molecular formula is C11H10F6N2O2S. The molecule has 0 saturated heterocycles. The molecule has 0 aliphatic rings. The lowest BCUT2D eigenvalue weighted by molar-refractivity contribution is -0.274. The number of urea groups is 1. The molecule has 11 heteroatoms. The van der Waals surface area contributed by atoms with Crippen LogP contribution in [0.1, 0.15) is 5.56 Å². The Morgan fingerprint density at radius 3 is 2.14 bits per heavy atom. The van der Waals surface area contributed by atoms with Crippen molar-refractivity contribution in [2.45, 2.75) is 19.1 Å². The zero-order valence-electron chi connectivity index (χ0n) is 10.7. The topological polar surface area (TPSA) is 41.6 Å². The van der Waals surface area contributed by atoms with E-state index in [2.05, 4.69) is 17.6 Å². The van der Waals surface area contributed by atoms with Crippen LogP contribution in [0.25, 0.3) is 0 Å². The van der Waals surface area contributed by atoms with Gasteiger partial charge in [-0.25, -0.2) is 4.79 Å². The molecule has 0 atom stereocenters. The third-order valence-corrected chi connectivity index (χ3v) is 2.49. The van der Waals surface area contributed by atoms with Crippen molar-refractivity contribution in [2.75, 3.05) is 6.54 Å². The van der Waals surface area contributed by atoms with Crippen LogP contribution in [0, 0.1) is 0 Å². The quantitative estimate of drug-likeness (QED) is 0.646. The van der Waals surface area contributed by atoms with Gasteiger partial charge in [-0.3, -0.25) is 4.31 Å². The maximum Gasteiger partial charge on any atom is 0.573 e. The first-order valence-electron chi connectivity index (χ1n) is 5.62. The van der Waals surface area contributed by atoms with E-state index in [0.29, 0.717) is 9.87 Å². The zero-order chi connectivity index (χ0) is 17.0. The highest BCUT2D eigenvalue weighted by Gasteiger charge is 2.31. The van der Waals surface area contributed by atoms with E-state index in [9.17, 15) is 31.1 Å². The van der Waals surface area contributed by atoms with Crippen molar-refractivity contribution in [1.82, 2.24) is 9.62 Å². The zero-order valence-corrected chi connectivity index (χ0v) is 11.6. The second-order valence-corrected chi connectivity index (χ2v) is 4.51. The van der Waals surface area contributed by atoms with Gasteiger partial charge in [0.2, 0.25) is 0 Å². The molecule has 0 aliphatic heterocycles. The molecule has 1 rings (SSSR count). The molecule has 124 valence electrons. The van der Waals surface area contributed by atoms with Crippen molar-refractivity contribution < 1.29 is 35.9 Å². The number of carbonyl (C=O) groups is 1. The van der Waals surface area contributed by atoms with E-state index in [1.807, 2.05) is 0 Å². The molecule has 1 N–H and O–H groups in total. The van der Waals surface area contributed by atoms with Crippen LogP contribution in [0.4, 0.5) is 31.1 Å². The van der Waals surface area contributed by atoms with Crippen molar-refractivity contribution in [3.05, 3.63) is 29.8 Å². The highest BCUT2D eigenvalue weighted by molar-refractivity contribution is 7.78. The Bertz CT molecular complexity index is 503. The first-order valence-corrected chi connectivity index (χ1v) is 6.02. The number of benzene rings is 1.